The number of hydrogen-bond acceptors (Lipinski definition) is 4. The number of Topliss-reactive ketones (excluding diaryl/α,β-unsaturated/α-hetero) is 1. The van der Waals surface area contributed by atoms with Crippen LogP contribution in [-0.4, -0.2) is 22.5 Å². The van der Waals surface area contributed by atoms with E-state index in [9.17, 15) is 14.2 Å². The molecule has 1 aromatic carbocycles. The Hall–Kier alpha value is -1.54. The van der Waals surface area contributed by atoms with Gasteiger partial charge in [-0.2, -0.15) is 0 Å². The number of aryl methyl sites for hydroxylation is 3. The Balaban J connectivity index is 3.54. The van der Waals surface area contributed by atoms with Gasteiger partial charge in [0.2, 0.25) is 5.16 Å². The van der Waals surface area contributed by atoms with Gasteiger partial charge in [-0.1, -0.05) is 31.5 Å². The van der Waals surface area contributed by atoms with Crippen LogP contribution in [0.2, 0.25) is 0 Å². The highest BCUT2D eigenvalue weighted by Gasteiger charge is 2.51. The summed E-state index contributed by atoms with van der Waals surface area (Å²) >= 11 is 0. The highest BCUT2D eigenvalue weighted by Crippen LogP contribution is 2.38. The van der Waals surface area contributed by atoms with Crippen molar-refractivity contribution in [2.75, 3.05) is 0 Å². The molecule has 5 heteroatoms. The molecule has 4 nitrogen and oxygen atoms in total. The summed E-state index contributed by atoms with van der Waals surface area (Å²) in [5.41, 5.74) is 2.30. The molecular weight excluding hydrogens is 335 g/mol. The van der Waals surface area contributed by atoms with Crippen molar-refractivity contribution in [2.24, 2.45) is 5.92 Å². The molecule has 1 atom stereocenters. The largest absolute Gasteiger partial charge is 0.459 e. The number of ketones is 1. The summed E-state index contributed by atoms with van der Waals surface area (Å²) in [6.07, 6.45) is 0.165. The Labute approximate surface area is 152 Å². The van der Waals surface area contributed by atoms with Gasteiger partial charge in [0.25, 0.3) is 0 Å². The number of carbonyl (C=O) groups excluding carboxylic acids is 2. The summed E-state index contributed by atoms with van der Waals surface area (Å²) in [6.45, 7) is 14.6. The number of carbonyl (C=O) groups is 2. The fraction of sp³-hybridized carbons (Fsp3) is 0.600. The Morgan fingerprint density at radius 1 is 1.08 bits per heavy atom. The molecular formula is C20H29O4P. The lowest BCUT2D eigenvalue weighted by Gasteiger charge is -2.30. The fourth-order valence-electron chi connectivity index (χ4n) is 3.08. The van der Waals surface area contributed by atoms with Crippen molar-refractivity contribution in [2.45, 2.75) is 72.6 Å². The minimum Gasteiger partial charge on any atom is -0.459 e. The summed E-state index contributed by atoms with van der Waals surface area (Å²) in [5, 5.41) is -1.72. The zero-order valence-electron chi connectivity index (χ0n) is 16.5. The van der Waals surface area contributed by atoms with Crippen LogP contribution in [0, 0.1) is 26.7 Å². The zero-order chi connectivity index (χ0) is 19.6. The van der Waals surface area contributed by atoms with E-state index >= 15 is 0 Å². The van der Waals surface area contributed by atoms with E-state index in [1.807, 2.05) is 46.8 Å². The van der Waals surface area contributed by atoms with Crippen LogP contribution in [0.3, 0.4) is 0 Å². The highest BCUT2D eigenvalue weighted by atomic mass is 31.1. The molecule has 0 fully saturated rings. The number of benzene rings is 1. The van der Waals surface area contributed by atoms with Gasteiger partial charge in [-0.05, 0) is 65.0 Å². The van der Waals surface area contributed by atoms with Gasteiger partial charge in [-0.15, -0.1) is 0 Å². The smallest absolute Gasteiger partial charge is 0.332 e. The van der Waals surface area contributed by atoms with E-state index in [0.717, 1.165) is 16.7 Å². The third kappa shape index (κ3) is 4.98. The molecule has 0 aliphatic heterocycles. The van der Waals surface area contributed by atoms with Gasteiger partial charge in [-0.25, -0.2) is 0 Å². The average molecular weight is 364 g/mol. The van der Waals surface area contributed by atoms with Gasteiger partial charge in [0.1, 0.15) is 5.60 Å². The zero-order valence-corrected chi connectivity index (χ0v) is 17.4. The molecule has 1 unspecified atom stereocenters. The maximum Gasteiger partial charge on any atom is 0.332 e. The van der Waals surface area contributed by atoms with E-state index in [4.69, 9.17) is 4.74 Å². The standard InChI is InChI=1S/C20H29O4P/c1-12(2)11-20(25-23,18(22)24-19(6,7)8)17(21)16-14(4)9-13(3)10-15(16)5/h9-10,12H,11H2,1-8H3. The second kappa shape index (κ2) is 7.78. The van der Waals surface area contributed by atoms with E-state index in [-0.39, 0.29) is 12.3 Å². The predicted molar refractivity (Wildman–Crippen MR) is 101 cm³/mol. The van der Waals surface area contributed by atoms with Gasteiger partial charge >= 0.3 is 5.97 Å². The van der Waals surface area contributed by atoms with Crippen LogP contribution in [0.5, 0.6) is 0 Å². The number of hydrogen-bond donors (Lipinski definition) is 0. The summed E-state index contributed by atoms with van der Waals surface area (Å²) in [5.74, 6) is -1.15. The molecule has 1 aromatic rings. The maximum absolute atomic E-state index is 13.4. The normalized spacial score (nSPS) is 14.4. The molecule has 0 aliphatic carbocycles. The van der Waals surface area contributed by atoms with E-state index in [0.29, 0.717) is 5.56 Å². The Bertz CT molecular complexity index is 662. The van der Waals surface area contributed by atoms with Crippen molar-refractivity contribution in [1.82, 2.24) is 0 Å². The molecule has 0 spiro atoms. The highest BCUT2D eigenvalue weighted by molar-refractivity contribution is 7.30. The molecule has 0 N–H and O–H groups in total. The first kappa shape index (κ1) is 21.5. The first-order valence-electron chi connectivity index (χ1n) is 8.54. The van der Waals surface area contributed by atoms with Crippen LogP contribution in [0.4, 0.5) is 0 Å². The molecule has 0 heterocycles. The Morgan fingerprint density at radius 2 is 1.56 bits per heavy atom. The second-order valence-electron chi connectivity index (χ2n) is 8.15. The van der Waals surface area contributed by atoms with Crippen LogP contribution in [0.1, 0.15) is 68.1 Å². The van der Waals surface area contributed by atoms with Gasteiger partial charge in [0.05, 0.1) is 0 Å². The van der Waals surface area contributed by atoms with Crippen LogP contribution < -0.4 is 0 Å². The first-order valence-corrected chi connectivity index (χ1v) is 9.36. The third-order valence-corrected chi connectivity index (χ3v) is 4.76. The molecule has 25 heavy (non-hydrogen) atoms. The van der Waals surface area contributed by atoms with Crippen molar-refractivity contribution in [3.05, 3.63) is 34.4 Å². The number of rotatable bonds is 6. The lowest BCUT2D eigenvalue weighted by Crippen LogP contribution is -2.47. The summed E-state index contributed by atoms with van der Waals surface area (Å²) in [4.78, 5) is 26.3. The Kier molecular flexibility index (Phi) is 6.69. The SMILES string of the molecule is Cc1cc(C)c(C(=O)C(CC(C)C)(P=O)C(=O)OC(C)(C)C)c(C)c1. The average Bonchev–Trinajstić information content (AvgIpc) is 2.41. The Morgan fingerprint density at radius 3 is 1.92 bits per heavy atom. The molecule has 0 amide bonds. The van der Waals surface area contributed by atoms with Gasteiger partial charge < -0.3 is 4.74 Å². The van der Waals surface area contributed by atoms with E-state index in [1.165, 1.54) is 0 Å². The van der Waals surface area contributed by atoms with Gasteiger partial charge in [0, 0.05) is 5.56 Å². The summed E-state index contributed by atoms with van der Waals surface area (Å²) in [6, 6.07) is 3.80. The fourth-order valence-corrected chi connectivity index (χ4v) is 3.84. The van der Waals surface area contributed by atoms with Crippen LogP contribution >= 0.6 is 8.46 Å². The van der Waals surface area contributed by atoms with Crippen molar-refractivity contribution in [3.8, 4) is 0 Å². The molecule has 0 saturated carbocycles. The quantitative estimate of drug-likeness (QED) is 0.301. The van der Waals surface area contributed by atoms with E-state index < -0.39 is 31.0 Å². The van der Waals surface area contributed by atoms with Crippen LogP contribution in [0.15, 0.2) is 12.1 Å². The van der Waals surface area contributed by atoms with Crippen LogP contribution in [0.25, 0.3) is 0 Å². The lowest BCUT2D eigenvalue weighted by molar-refractivity contribution is -0.156. The summed E-state index contributed by atoms with van der Waals surface area (Å²) < 4.78 is 17.6. The topological polar surface area (TPSA) is 60.4 Å². The number of ether oxygens (including phenoxy) is 1. The minimum atomic E-state index is -1.72. The first-order chi connectivity index (χ1) is 11.3. The maximum atomic E-state index is 13.4. The molecule has 0 radical (unpaired) electrons. The van der Waals surface area contributed by atoms with Crippen molar-refractivity contribution >= 4 is 20.2 Å². The second-order valence-corrected chi connectivity index (χ2v) is 9.10. The monoisotopic (exact) mass is 364 g/mol. The van der Waals surface area contributed by atoms with E-state index in [2.05, 4.69) is 0 Å². The van der Waals surface area contributed by atoms with Crippen molar-refractivity contribution in [3.63, 3.8) is 0 Å². The van der Waals surface area contributed by atoms with Crippen LogP contribution in [-0.2, 0) is 14.1 Å². The predicted octanol–water partition coefficient (Wildman–Crippen LogP) is 5.21. The third-order valence-electron chi connectivity index (χ3n) is 3.88. The molecule has 138 valence electrons. The lowest BCUT2D eigenvalue weighted by atomic mass is 9.84. The molecule has 0 aromatic heterocycles. The van der Waals surface area contributed by atoms with Gasteiger partial charge in [-0.3, -0.25) is 14.2 Å². The van der Waals surface area contributed by atoms with E-state index in [1.54, 1.807) is 20.8 Å². The molecule has 0 saturated heterocycles. The van der Waals surface area contributed by atoms with Gasteiger partial charge in [0.15, 0.2) is 14.2 Å². The molecule has 0 aliphatic rings. The van der Waals surface area contributed by atoms with Crippen molar-refractivity contribution < 1.29 is 18.9 Å². The molecule has 0 bridgehead atoms. The summed E-state index contributed by atoms with van der Waals surface area (Å²) in [7, 11) is -0.528. The molecule has 1 rings (SSSR count). The number of esters is 1. The van der Waals surface area contributed by atoms with Crippen molar-refractivity contribution in [1.29, 1.82) is 0 Å². The minimum absolute atomic E-state index is 0.00368.